The molecule has 0 aliphatic rings. The molecule has 0 aliphatic heterocycles. The van der Waals surface area contributed by atoms with Crippen molar-refractivity contribution in [2.24, 2.45) is 11.8 Å². The molecule has 0 bridgehead atoms. The average molecular weight is 816 g/mol. The third kappa shape index (κ3) is 11.4. The molecule has 6 aromatic rings. The van der Waals surface area contributed by atoms with Crippen molar-refractivity contribution in [3.63, 3.8) is 0 Å². The van der Waals surface area contributed by atoms with Gasteiger partial charge in [0, 0.05) is 0 Å². The van der Waals surface area contributed by atoms with Crippen molar-refractivity contribution in [1.82, 2.24) is 0 Å². The molecule has 0 saturated carbocycles. The summed E-state index contributed by atoms with van der Waals surface area (Å²) in [5.41, 5.74) is 10.8. The van der Waals surface area contributed by atoms with Crippen LogP contribution in [0.15, 0.2) is 109 Å². The van der Waals surface area contributed by atoms with Crippen LogP contribution < -0.4 is 0 Å². The van der Waals surface area contributed by atoms with Gasteiger partial charge in [-0.25, -0.2) is 0 Å². The number of fused-ring (bicyclic) bond motifs is 2. The molecular formula is C43H50Cl2Hf. The molecule has 6 rings (SSSR count). The van der Waals surface area contributed by atoms with Crippen molar-refractivity contribution >= 4 is 46.4 Å². The Morgan fingerprint density at radius 1 is 0.543 bits per heavy atom. The van der Waals surface area contributed by atoms with E-state index in [-0.39, 0.29) is 50.7 Å². The molecule has 0 aromatic heterocycles. The van der Waals surface area contributed by atoms with Crippen LogP contribution in [-0.4, -0.2) is 0 Å². The number of aryl methyl sites for hydroxylation is 2. The Balaban J connectivity index is 0.000000400. The summed E-state index contributed by atoms with van der Waals surface area (Å²) < 4.78 is 0. The molecule has 0 nitrogen and oxygen atoms in total. The second-order valence-corrected chi connectivity index (χ2v) is 12.6. The molecule has 0 spiro atoms. The topological polar surface area (TPSA) is 0 Å². The first kappa shape index (κ1) is 41.6. The molecule has 6 aromatic carbocycles. The third-order valence-corrected chi connectivity index (χ3v) is 7.63. The molecule has 0 unspecified atom stereocenters. The van der Waals surface area contributed by atoms with Crippen LogP contribution in [0, 0.1) is 39.5 Å². The fourth-order valence-electron chi connectivity index (χ4n) is 5.74. The van der Waals surface area contributed by atoms with E-state index in [0.717, 1.165) is 19.3 Å². The number of rotatable bonds is 6. The van der Waals surface area contributed by atoms with E-state index in [1.54, 1.807) is 0 Å². The van der Waals surface area contributed by atoms with Crippen LogP contribution in [0.1, 0.15) is 56.4 Å². The van der Waals surface area contributed by atoms with Crippen molar-refractivity contribution in [3.05, 3.63) is 145 Å². The van der Waals surface area contributed by atoms with Gasteiger partial charge in [-0.3, -0.25) is 0 Å². The maximum atomic E-state index is 3.38. The summed E-state index contributed by atoms with van der Waals surface area (Å²) in [5.74, 6) is 1.41. The summed E-state index contributed by atoms with van der Waals surface area (Å²) in [6.45, 7) is 20.1. The summed E-state index contributed by atoms with van der Waals surface area (Å²) >= 11 is 0. The maximum absolute atomic E-state index is 3.38. The molecule has 0 atom stereocenters. The van der Waals surface area contributed by atoms with Crippen LogP contribution in [0.25, 0.3) is 43.8 Å². The fourth-order valence-corrected chi connectivity index (χ4v) is 5.74. The predicted octanol–water partition coefficient (Wildman–Crippen LogP) is 13.4. The second-order valence-electron chi connectivity index (χ2n) is 12.6. The van der Waals surface area contributed by atoms with E-state index in [1.165, 1.54) is 66.1 Å². The molecular weight excluding hydrogens is 766 g/mol. The zero-order valence-electron chi connectivity index (χ0n) is 28.4. The summed E-state index contributed by atoms with van der Waals surface area (Å²) in [4.78, 5) is 0. The van der Waals surface area contributed by atoms with Gasteiger partial charge in [0.2, 0.25) is 0 Å². The zero-order valence-corrected chi connectivity index (χ0v) is 33.6. The first-order valence-corrected chi connectivity index (χ1v) is 15.8. The van der Waals surface area contributed by atoms with Crippen molar-refractivity contribution < 1.29 is 25.8 Å². The smallest absolute Gasteiger partial charge is 0.372 e. The van der Waals surface area contributed by atoms with Gasteiger partial charge in [0.15, 0.2) is 0 Å². The summed E-state index contributed by atoms with van der Waals surface area (Å²) in [7, 11) is 0. The van der Waals surface area contributed by atoms with E-state index in [2.05, 4.69) is 165 Å². The average Bonchev–Trinajstić information content (AvgIpc) is 3.57. The van der Waals surface area contributed by atoms with Gasteiger partial charge < -0.3 is 20.3 Å². The largest absolute Gasteiger partial charge is 4.00 e. The van der Waals surface area contributed by atoms with E-state index in [1.807, 2.05) is 0 Å². The van der Waals surface area contributed by atoms with Crippen molar-refractivity contribution in [1.29, 1.82) is 0 Å². The van der Waals surface area contributed by atoms with Crippen molar-refractivity contribution in [2.45, 2.75) is 60.8 Å². The summed E-state index contributed by atoms with van der Waals surface area (Å²) in [5, 5.41) is 5.48. The molecule has 0 fully saturated rings. The monoisotopic (exact) mass is 816 g/mol. The normalized spacial score (nSPS) is 10.3. The van der Waals surface area contributed by atoms with Gasteiger partial charge in [-0.2, -0.15) is 12.1 Å². The quantitative estimate of drug-likeness (QED) is 0.116. The second kappa shape index (κ2) is 20.0. The molecule has 240 valence electrons. The van der Waals surface area contributed by atoms with Crippen molar-refractivity contribution in [2.75, 3.05) is 0 Å². The number of hydrogen-bond donors (Lipinski definition) is 0. The Labute approximate surface area is 310 Å². The standard InChI is InChI=1S/2C20H21.C3H6.2ClH.Hf/c2*1-14(2)11-16-12-18-5-4-6-19(20(18)13-16)17-9-7-15(3)8-10-17;1-3-2;;;/h2*4-10,12-14H,11H2,1-3H3;1-3H2;2*1H;/q2*-1;-2;;;+4. The SMILES string of the molecule is Cc1ccc(-c2cccc3[cH-]c(CC(C)C)cc23)cc1.Cc1ccc(-c2cccc3[cH-]c(CC(C)C)cc23)cc1.Cl.Cl.[CH2-]C[CH2-].[Hf+4]. The third-order valence-electron chi connectivity index (χ3n) is 7.63. The Morgan fingerprint density at radius 2 is 0.870 bits per heavy atom. The molecule has 46 heavy (non-hydrogen) atoms. The fraction of sp³-hybridized carbons (Fsp3) is 0.256. The van der Waals surface area contributed by atoms with E-state index in [0.29, 0.717) is 11.8 Å². The van der Waals surface area contributed by atoms with Crippen LogP contribution >= 0.6 is 24.8 Å². The van der Waals surface area contributed by atoms with Gasteiger partial charge in [-0.15, -0.1) is 93.9 Å². The van der Waals surface area contributed by atoms with Crippen molar-refractivity contribution in [3.8, 4) is 22.3 Å². The maximum Gasteiger partial charge on any atom is 4.00 e. The molecule has 0 saturated heterocycles. The molecule has 0 amide bonds. The number of halogens is 2. The number of hydrogen-bond acceptors (Lipinski definition) is 0. The molecule has 0 N–H and O–H groups in total. The minimum Gasteiger partial charge on any atom is -0.372 e. The molecule has 0 heterocycles. The summed E-state index contributed by atoms with van der Waals surface area (Å²) in [6, 6.07) is 40.3. The van der Waals surface area contributed by atoms with Crippen LogP contribution in [0.3, 0.4) is 0 Å². The van der Waals surface area contributed by atoms with E-state index < -0.39 is 0 Å². The van der Waals surface area contributed by atoms with Gasteiger partial charge in [-0.1, -0.05) is 111 Å². The Hall–Kier alpha value is -2.45. The first-order valence-electron chi connectivity index (χ1n) is 15.8. The van der Waals surface area contributed by atoms with E-state index in [4.69, 9.17) is 0 Å². The molecule has 0 aliphatic carbocycles. The Kier molecular flexibility index (Phi) is 18.1. The minimum atomic E-state index is 0. The van der Waals surface area contributed by atoms with Gasteiger partial charge >= 0.3 is 25.8 Å². The number of benzene rings is 4. The molecule has 0 radical (unpaired) electrons. The Morgan fingerprint density at radius 3 is 1.17 bits per heavy atom. The zero-order chi connectivity index (χ0) is 30.9. The first-order chi connectivity index (χ1) is 20.7. The van der Waals surface area contributed by atoms with Gasteiger partial charge in [0.1, 0.15) is 0 Å². The van der Waals surface area contributed by atoms with Gasteiger partial charge in [0.05, 0.1) is 0 Å². The van der Waals surface area contributed by atoms with E-state index >= 15 is 0 Å². The Bertz CT molecular complexity index is 1590. The van der Waals surface area contributed by atoms with Gasteiger partial charge in [-0.05, 0) is 49.7 Å². The molecule has 3 heteroatoms. The van der Waals surface area contributed by atoms with E-state index in [9.17, 15) is 0 Å². The van der Waals surface area contributed by atoms with Crippen LogP contribution in [0.2, 0.25) is 0 Å². The predicted molar refractivity (Wildman–Crippen MR) is 206 cm³/mol. The van der Waals surface area contributed by atoms with Crippen LogP contribution in [0.4, 0.5) is 0 Å². The van der Waals surface area contributed by atoms with Crippen LogP contribution in [0.5, 0.6) is 0 Å². The summed E-state index contributed by atoms with van der Waals surface area (Å²) in [6.07, 6.45) is 3.06. The van der Waals surface area contributed by atoms with Crippen LogP contribution in [-0.2, 0) is 38.7 Å². The minimum absolute atomic E-state index is 0. The van der Waals surface area contributed by atoms with Gasteiger partial charge in [0.25, 0.3) is 0 Å².